The average Bonchev–Trinajstić information content (AvgIpc) is 3.16. The molecular weight excluding hydrogens is 467 g/mol. The van der Waals surface area contributed by atoms with Gasteiger partial charge in [0.1, 0.15) is 18.0 Å². The molecule has 0 aromatic heterocycles. The van der Waals surface area contributed by atoms with E-state index in [9.17, 15) is 9.18 Å². The number of benzene rings is 2. The van der Waals surface area contributed by atoms with Gasteiger partial charge in [-0.2, -0.15) is 0 Å². The topological polar surface area (TPSA) is 59.0 Å². The Morgan fingerprint density at radius 1 is 1.08 bits per heavy atom. The van der Waals surface area contributed by atoms with Gasteiger partial charge in [-0.25, -0.2) is 4.39 Å². The lowest BCUT2D eigenvalue weighted by atomic mass is 9.70. The zero-order valence-electron chi connectivity index (χ0n) is 21.5. The highest BCUT2D eigenvalue weighted by atomic mass is 19.1. The molecule has 2 aromatic rings. The second-order valence-corrected chi connectivity index (χ2v) is 9.55. The monoisotopic (exact) mass is 498 g/mol. The number of amides is 1. The molecule has 1 saturated heterocycles. The van der Waals surface area contributed by atoms with E-state index in [1.54, 1.807) is 30.5 Å². The van der Waals surface area contributed by atoms with Crippen LogP contribution in [0, 0.1) is 23.1 Å². The smallest absolute Gasteiger partial charge is 0.237 e. The zero-order valence-corrected chi connectivity index (χ0v) is 21.5. The Balaban J connectivity index is 0.00000186. The van der Waals surface area contributed by atoms with Crippen LogP contribution in [0.2, 0.25) is 0 Å². The van der Waals surface area contributed by atoms with E-state index < -0.39 is 5.41 Å². The molecule has 4 rings (SSSR count). The highest BCUT2D eigenvalue weighted by molar-refractivity contribution is 6.14. The van der Waals surface area contributed by atoms with E-state index in [4.69, 9.17) is 9.53 Å². The van der Waals surface area contributed by atoms with E-state index >= 15 is 0 Å². The maximum Gasteiger partial charge on any atom is 0.237 e. The van der Waals surface area contributed by atoms with Gasteiger partial charge in [-0.1, -0.05) is 48.2 Å². The number of likely N-dealkylation sites (tertiary alicyclic amines) is 1. The maximum atomic E-state index is 13.8. The quantitative estimate of drug-likeness (QED) is 0.417. The standard InChI is InChI=1S/C30H29FN2O2.CH2O/c1-29(2)17-18-30(28(34)33(29)3,22-35-21-25-9-5-4-6-10-25)27-14-8-12-24(20-32-27)16-15-23-11-7-13-26(31)19-23;1-2/h4-7,9-14,19-20H,17-18,21-22H2,1-3H3;1H2. The lowest BCUT2D eigenvalue weighted by Gasteiger charge is -2.48. The van der Waals surface area contributed by atoms with Gasteiger partial charge in [0.2, 0.25) is 5.91 Å². The van der Waals surface area contributed by atoms with E-state index in [-0.39, 0.29) is 23.9 Å². The lowest BCUT2D eigenvalue weighted by molar-refractivity contribution is -0.151. The molecule has 2 heterocycles. The molecule has 1 atom stereocenters. The third-order valence-corrected chi connectivity index (χ3v) is 6.71. The molecule has 1 unspecified atom stereocenters. The molecule has 0 radical (unpaired) electrons. The zero-order chi connectivity index (χ0) is 26.9. The maximum absolute atomic E-state index is 13.8. The molecule has 0 saturated carbocycles. The van der Waals surface area contributed by atoms with Crippen molar-refractivity contribution in [3.63, 3.8) is 0 Å². The van der Waals surface area contributed by atoms with Crippen molar-refractivity contribution >= 4 is 18.4 Å². The average molecular weight is 499 g/mol. The van der Waals surface area contributed by atoms with Gasteiger partial charge in [-0.15, -0.1) is 5.73 Å². The van der Waals surface area contributed by atoms with Crippen molar-refractivity contribution in [3.8, 4) is 11.8 Å². The number of aliphatic imine (C=N–C) groups is 1. The van der Waals surface area contributed by atoms with Gasteiger partial charge in [-0.05, 0) is 56.5 Å². The number of carbonyl (C=O) groups excluding carboxylic acids is 2. The Morgan fingerprint density at radius 2 is 1.84 bits per heavy atom. The first kappa shape index (κ1) is 27.5. The molecule has 2 aromatic carbocycles. The molecule has 1 amide bonds. The first-order chi connectivity index (χ1) is 17.8. The van der Waals surface area contributed by atoms with E-state index in [1.807, 2.05) is 49.1 Å². The predicted octanol–water partition coefficient (Wildman–Crippen LogP) is 5.28. The summed E-state index contributed by atoms with van der Waals surface area (Å²) in [4.78, 5) is 28.3. The summed E-state index contributed by atoms with van der Waals surface area (Å²) in [6, 6.07) is 16.0. The van der Waals surface area contributed by atoms with Crippen LogP contribution >= 0.6 is 0 Å². The molecule has 0 N–H and O–H groups in total. The summed E-state index contributed by atoms with van der Waals surface area (Å²) in [6.45, 7) is 6.78. The number of piperidine rings is 1. The second kappa shape index (κ2) is 12.3. The van der Waals surface area contributed by atoms with Gasteiger partial charge < -0.3 is 14.4 Å². The van der Waals surface area contributed by atoms with Crippen molar-refractivity contribution in [1.29, 1.82) is 0 Å². The van der Waals surface area contributed by atoms with Crippen LogP contribution in [0.3, 0.4) is 0 Å². The van der Waals surface area contributed by atoms with Gasteiger partial charge in [0.15, 0.2) is 0 Å². The van der Waals surface area contributed by atoms with Crippen LogP contribution in [0.4, 0.5) is 4.39 Å². The summed E-state index contributed by atoms with van der Waals surface area (Å²) in [5.74, 6) is 5.62. The predicted molar refractivity (Wildman–Crippen MR) is 143 cm³/mol. The highest BCUT2D eigenvalue weighted by Gasteiger charge is 2.51. The molecule has 0 bridgehead atoms. The molecule has 0 spiro atoms. The Kier molecular flexibility index (Phi) is 9.14. The summed E-state index contributed by atoms with van der Waals surface area (Å²) in [5.41, 5.74) is 4.82. The van der Waals surface area contributed by atoms with Crippen LogP contribution in [0.1, 0.15) is 37.8 Å². The number of carbonyl (C=O) groups is 2. The molecule has 2 aliphatic rings. The van der Waals surface area contributed by atoms with E-state index in [0.717, 1.165) is 12.0 Å². The number of ether oxygens (including phenoxy) is 1. The van der Waals surface area contributed by atoms with Crippen LogP contribution in [0.5, 0.6) is 0 Å². The van der Waals surface area contributed by atoms with E-state index in [1.165, 1.54) is 12.1 Å². The third kappa shape index (κ3) is 6.59. The number of hydrogen-bond acceptors (Lipinski definition) is 4. The van der Waals surface area contributed by atoms with Crippen molar-refractivity contribution < 1.29 is 18.7 Å². The summed E-state index contributed by atoms with van der Waals surface area (Å²) >= 11 is 0. The van der Waals surface area contributed by atoms with Gasteiger partial charge >= 0.3 is 0 Å². The summed E-state index contributed by atoms with van der Waals surface area (Å²) in [5, 5.41) is 0. The fourth-order valence-corrected chi connectivity index (χ4v) is 4.22. The number of rotatable bonds is 5. The van der Waals surface area contributed by atoms with Crippen molar-refractivity contribution in [2.24, 2.45) is 10.4 Å². The molecule has 0 aliphatic carbocycles. The largest absolute Gasteiger partial charge is 0.375 e. The van der Waals surface area contributed by atoms with Crippen LogP contribution in [0.15, 0.2) is 89.2 Å². The van der Waals surface area contributed by atoms with Crippen molar-refractivity contribution in [2.45, 2.75) is 38.8 Å². The summed E-state index contributed by atoms with van der Waals surface area (Å²) < 4.78 is 19.6. The normalized spacial score (nSPS) is 20.0. The first-order valence-corrected chi connectivity index (χ1v) is 12.0. The third-order valence-electron chi connectivity index (χ3n) is 6.71. The fourth-order valence-electron chi connectivity index (χ4n) is 4.22. The Bertz CT molecular complexity index is 1310. The fraction of sp³-hybridized carbons (Fsp3) is 0.290. The second-order valence-electron chi connectivity index (χ2n) is 9.55. The van der Waals surface area contributed by atoms with Crippen LogP contribution in [-0.2, 0) is 20.9 Å². The summed E-state index contributed by atoms with van der Waals surface area (Å²) in [7, 11) is 1.84. The van der Waals surface area contributed by atoms with Crippen molar-refractivity contribution in [2.75, 3.05) is 13.7 Å². The van der Waals surface area contributed by atoms with Crippen LogP contribution in [-0.4, -0.2) is 42.5 Å². The highest BCUT2D eigenvalue weighted by Crippen LogP contribution is 2.41. The van der Waals surface area contributed by atoms with Gasteiger partial charge in [0, 0.05) is 30.4 Å². The lowest BCUT2D eigenvalue weighted by Crippen LogP contribution is -2.60. The Hall–Kier alpha value is -4.04. The van der Waals surface area contributed by atoms with Crippen LogP contribution < -0.4 is 0 Å². The van der Waals surface area contributed by atoms with Crippen molar-refractivity contribution in [1.82, 2.24) is 4.90 Å². The first-order valence-electron chi connectivity index (χ1n) is 12.0. The Labute approximate surface area is 218 Å². The minimum Gasteiger partial charge on any atom is -0.375 e. The van der Waals surface area contributed by atoms with Crippen LogP contribution in [0.25, 0.3) is 0 Å². The minimum absolute atomic E-state index is 0.0127. The molecule has 5 nitrogen and oxygen atoms in total. The molecule has 6 heteroatoms. The summed E-state index contributed by atoms with van der Waals surface area (Å²) in [6.07, 6.45) is 6.55. The molecule has 2 aliphatic heterocycles. The number of hydrogen-bond donors (Lipinski definition) is 0. The molecule has 190 valence electrons. The van der Waals surface area contributed by atoms with Gasteiger partial charge in [-0.3, -0.25) is 9.79 Å². The minimum atomic E-state index is -0.915. The van der Waals surface area contributed by atoms with Crippen molar-refractivity contribution in [3.05, 3.63) is 101 Å². The van der Waals surface area contributed by atoms with Gasteiger partial charge in [0.05, 0.1) is 24.5 Å². The molecule has 37 heavy (non-hydrogen) atoms. The van der Waals surface area contributed by atoms with Gasteiger partial charge in [0.25, 0.3) is 0 Å². The van der Waals surface area contributed by atoms with E-state index in [0.29, 0.717) is 29.9 Å². The molecule has 1 fully saturated rings. The number of nitrogens with zero attached hydrogens (tertiary/aromatic N) is 2. The number of allylic oxidation sites excluding steroid dienone is 2. The Morgan fingerprint density at radius 3 is 2.57 bits per heavy atom. The molecular formula is C31H31FN2O3. The van der Waals surface area contributed by atoms with E-state index in [2.05, 4.69) is 36.4 Å². The number of halogens is 1. The SMILES string of the molecule is C=O.CN1C(=O)C(COCc2ccccc2)(C2=NC=C(C#Cc3cccc(F)c3)C=C=C2)CCC1(C)C.